The van der Waals surface area contributed by atoms with Gasteiger partial charge in [0, 0.05) is 13.0 Å². The zero-order valence-electron chi connectivity index (χ0n) is 14.4. The second-order valence-corrected chi connectivity index (χ2v) is 6.54. The molecule has 0 radical (unpaired) electrons. The Bertz CT molecular complexity index is 617. The highest BCUT2D eigenvalue weighted by atomic mass is 16.6. The van der Waals surface area contributed by atoms with Gasteiger partial charge < -0.3 is 20.5 Å². The van der Waals surface area contributed by atoms with Crippen molar-refractivity contribution in [2.45, 2.75) is 44.9 Å². The Kier molecular flexibility index (Phi) is 6.52. The molecule has 0 aromatic heterocycles. The molecule has 0 saturated carbocycles. The molecule has 1 heterocycles. The van der Waals surface area contributed by atoms with Gasteiger partial charge in [-0.05, 0) is 17.9 Å². The van der Waals surface area contributed by atoms with E-state index in [4.69, 9.17) is 9.84 Å². The number of rotatable bonds is 9. The Morgan fingerprint density at radius 1 is 1.16 bits per heavy atom. The molecule has 0 aliphatic carbocycles. The van der Waals surface area contributed by atoms with Crippen molar-refractivity contribution in [1.82, 2.24) is 10.6 Å². The summed E-state index contributed by atoms with van der Waals surface area (Å²) >= 11 is 0. The minimum atomic E-state index is -1.18. The lowest BCUT2D eigenvalue weighted by molar-refractivity contribution is -0.138. The van der Waals surface area contributed by atoms with Crippen LogP contribution in [0, 0.1) is 5.92 Å². The average Bonchev–Trinajstić information content (AvgIpc) is 3.35. The van der Waals surface area contributed by atoms with E-state index in [1.54, 1.807) is 0 Å². The molecule has 1 aliphatic heterocycles. The largest absolute Gasteiger partial charge is 0.479 e. The fourth-order valence-corrected chi connectivity index (χ4v) is 2.42. The number of amides is 2. The third kappa shape index (κ3) is 5.86. The number of nitrogens with one attached hydrogen (secondary N) is 2. The van der Waals surface area contributed by atoms with Crippen LogP contribution < -0.4 is 10.6 Å². The van der Waals surface area contributed by atoms with Crippen LogP contribution in [0.5, 0.6) is 0 Å². The second kappa shape index (κ2) is 8.62. The Hall–Kier alpha value is -2.41. The van der Waals surface area contributed by atoms with Crippen molar-refractivity contribution < 1.29 is 24.2 Å². The van der Waals surface area contributed by atoms with Crippen LogP contribution >= 0.6 is 0 Å². The second-order valence-electron chi connectivity index (χ2n) is 6.54. The molecule has 7 nitrogen and oxygen atoms in total. The third-order valence-electron chi connectivity index (χ3n) is 3.93. The Morgan fingerprint density at radius 2 is 1.84 bits per heavy atom. The van der Waals surface area contributed by atoms with E-state index in [9.17, 15) is 14.4 Å². The topological polar surface area (TPSA) is 108 Å². The smallest absolute Gasteiger partial charge is 0.336 e. The number of hydrogen-bond acceptors (Lipinski definition) is 4. The molecule has 1 fully saturated rings. The summed E-state index contributed by atoms with van der Waals surface area (Å²) in [5.74, 6) is -1.59. The van der Waals surface area contributed by atoms with Gasteiger partial charge in [0.25, 0.3) is 5.91 Å². The van der Waals surface area contributed by atoms with E-state index in [-0.39, 0.29) is 5.91 Å². The summed E-state index contributed by atoms with van der Waals surface area (Å²) in [6.45, 7) is 4.65. The summed E-state index contributed by atoms with van der Waals surface area (Å²) in [5, 5.41) is 14.3. The molecule has 2 rings (SSSR count). The number of epoxide rings is 1. The van der Waals surface area contributed by atoms with E-state index in [1.165, 1.54) is 0 Å². The summed E-state index contributed by atoms with van der Waals surface area (Å²) in [5.41, 5.74) is 0.901. The molecular weight excluding hydrogens is 324 g/mol. The van der Waals surface area contributed by atoms with Crippen LogP contribution in [-0.4, -0.2) is 47.7 Å². The van der Waals surface area contributed by atoms with Crippen molar-refractivity contribution in [2.75, 3.05) is 6.54 Å². The van der Waals surface area contributed by atoms with Gasteiger partial charge in [-0.3, -0.25) is 9.59 Å². The van der Waals surface area contributed by atoms with Crippen LogP contribution in [0.15, 0.2) is 30.3 Å². The van der Waals surface area contributed by atoms with Gasteiger partial charge in [-0.2, -0.15) is 0 Å². The van der Waals surface area contributed by atoms with Gasteiger partial charge in [0.1, 0.15) is 6.04 Å². The van der Waals surface area contributed by atoms with E-state index in [0.717, 1.165) is 12.0 Å². The molecule has 3 N–H and O–H groups in total. The van der Waals surface area contributed by atoms with Crippen LogP contribution in [0.2, 0.25) is 0 Å². The Balaban J connectivity index is 1.97. The summed E-state index contributed by atoms with van der Waals surface area (Å²) in [4.78, 5) is 35.4. The molecule has 3 atom stereocenters. The van der Waals surface area contributed by atoms with Gasteiger partial charge in [0.15, 0.2) is 12.2 Å². The lowest BCUT2D eigenvalue weighted by Gasteiger charge is -2.18. The Morgan fingerprint density at radius 3 is 2.40 bits per heavy atom. The number of carboxylic acid groups (broad SMARTS) is 1. The highest BCUT2D eigenvalue weighted by Gasteiger charge is 2.51. The molecule has 1 aromatic carbocycles. The number of carbonyl (C=O) groups excluding carboxylic acids is 2. The molecule has 0 bridgehead atoms. The van der Waals surface area contributed by atoms with Gasteiger partial charge in [-0.15, -0.1) is 0 Å². The predicted molar refractivity (Wildman–Crippen MR) is 90.8 cm³/mol. The zero-order chi connectivity index (χ0) is 18.4. The van der Waals surface area contributed by atoms with Crippen LogP contribution in [0.3, 0.4) is 0 Å². The summed E-state index contributed by atoms with van der Waals surface area (Å²) in [7, 11) is 0. The normalized spacial score (nSPS) is 20.0. The maximum Gasteiger partial charge on any atom is 0.336 e. The lowest BCUT2D eigenvalue weighted by Crippen LogP contribution is -2.49. The first kappa shape index (κ1) is 18.9. The zero-order valence-corrected chi connectivity index (χ0v) is 14.4. The first-order chi connectivity index (χ1) is 11.9. The van der Waals surface area contributed by atoms with Crippen molar-refractivity contribution in [1.29, 1.82) is 0 Å². The summed E-state index contributed by atoms with van der Waals surface area (Å²) in [6.07, 6.45) is -0.990. The minimum Gasteiger partial charge on any atom is -0.479 e. The van der Waals surface area contributed by atoms with Crippen LogP contribution in [0.4, 0.5) is 0 Å². The number of ether oxygens (including phenoxy) is 1. The first-order valence-corrected chi connectivity index (χ1v) is 8.38. The molecule has 136 valence electrons. The molecule has 0 spiro atoms. The number of hydrogen-bond donors (Lipinski definition) is 3. The fraction of sp³-hybridized carbons (Fsp3) is 0.500. The molecule has 1 aromatic rings. The fourth-order valence-electron chi connectivity index (χ4n) is 2.42. The molecule has 0 unspecified atom stereocenters. The van der Waals surface area contributed by atoms with E-state index in [0.29, 0.717) is 18.9 Å². The SMILES string of the molecule is CC(C)CCNC(=O)[C@H](Cc1ccccc1)NC(=O)[C@@H]1O[C@H]1C(=O)O. The van der Waals surface area contributed by atoms with E-state index in [2.05, 4.69) is 24.5 Å². The maximum absolute atomic E-state index is 12.4. The Labute approximate surface area is 146 Å². The van der Waals surface area contributed by atoms with Crippen molar-refractivity contribution >= 4 is 17.8 Å². The van der Waals surface area contributed by atoms with Crippen molar-refractivity contribution in [3.63, 3.8) is 0 Å². The number of benzene rings is 1. The quantitative estimate of drug-likeness (QED) is 0.570. The van der Waals surface area contributed by atoms with Crippen molar-refractivity contribution in [3.05, 3.63) is 35.9 Å². The molecule has 25 heavy (non-hydrogen) atoms. The standard InChI is InChI=1S/C18H24N2O5/c1-11(2)8-9-19-16(21)13(10-12-6-4-3-5-7-12)20-17(22)14-15(25-14)18(23)24/h3-7,11,13-15H,8-10H2,1-2H3,(H,19,21)(H,20,22)(H,23,24)/t13-,14+,15+/m0/s1. The number of carbonyl (C=O) groups is 3. The third-order valence-corrected chi connectivity index (χ3v) is 3.93. The predicted octanol–water partition coefficient (Wildman–Crippen LogP) is 0.728. The van der Waals surface area contributed by atoms with E-state index >= 15 is 0 Å². The van der Waals surface area contributed by atoms with Crippen molar-refractivity contribution in [2.24, 2.45) is 5.92 Å². The van der Waals surface area contributed by atoms with Gasteiger partial charge in [-0.1, -0.05) is 44.2 Å². The van der Waals surface area contributed by atoms with Gasteiger partial charge in [0.2, 0.25) is 5.91 Å². The highest BCUT2D eigenvalue weighted by Crippen LogP contribution is 2.22. The van der Waals surface area contributed by atoms with Gasteiger partial charge in [-0.25, -0.2) is 4.79 Å². The average molecular weight is 348 g/mol. The van der Waals surface area contributed by atoms with Crippen LogP contribution in [0.25, 0.3) is 0 Å². The van der Waals surface area contributed by atoms with Crippen LogP contribution in [0.1, 0.15) is 25.8 Å². The monoisotopic (exact) mass is 348 g/mol. The first-order valence-electron chi connectivity index (χ1n) is 8.38. The van der Waals surface area contributed by atoms with Gasteiger partial charge >= 0.3 is 5.97 Å². The lowest BCUT2D eigenvalue weighted by atomic mass is 10.0. The minimum absolute atomic E-state index is 0.287. The molecule has 2 amide bonds. The molecular formula is C18H24N2O5. The molecule has 7 heteroatoms. The maximum atomic E-state index is 12.4. The molecule has 1 saturated heterocycles. The highest BCUT2D eigenvalue weighted by molar-refractivity contribution is 5.95. The van der Waals surface area contributed by atoms with Crippen LogP contribution in [-0.2, 0) is 25.5 Å². The number of carboxylic acids is 1. The summed E-state index contributed by atoms with van der Waals surface area (Å²) < 4.78 is 4.84. The van der Waals surface area contributed by atoms with E-state index < -0.39 is 30.1 Å². The molecule has 1 aliphatic rings. The van der Waals surface area contributed by atoms with Gasteiger partial charge in [0.05, 0.1) is 0 Å². The van der Waals surface area contributed by atoms with E-state index in [1.807, 2.05) is 30.3 Å². The van der Waals surface area contributed by atoms with Crippen molar-refractivity contribution in [3.8, 4) is 0 Å². The summed E-state index contributed by atoms with van der Waals surface area (Å²) in [6, 6.07) is 8.54. The number of aliphatic carboxylic acids is 1.